The third-order valence-corrected chi connectivity index (χ3v) is 8.79. The number of hydrogen-bond donors (Lipinski definition) is 1. The minimum absolute atomic E-state index is 0.0723. The first kappa shape index (κ1) is 26.6. The molecule has 5 rings (SSSR count). The first-order valence-corrected chi connectivity index (χ1v) is 14.4. The van der Waals surface area contributed by atoms with Crippen LogP contribution in [0.5, 0.6) is 0 Å². The van der Waals surface area contributed by atoms with E-state index in [4.69, 9.17) is 0 Å². The minimum atomic E-state index is -0.211. The average molecular weight is 575 g/mol. The van der Waals surface area contributed by atoms with Gasteiger partial charge in [-0.2, -0.15) is 0 Å². The number of amides is 2. The fraction of sp³-hybridized carbons (Fsp3) is 0.375. The van der Waals surface area contributed by atoms with Crippen LogP contribution in [-0.4, -0.2) is 47.8 Å². The largest absolute Gasteiger partial charge is 0.351 e. The fourth-order valence-corrected chi connectivity index (χ4v) is 6.14. The molecule has 1 N–H and O–H groups in total. The van der Waals surface area contributed by atoms with Crippen molar-refractivity contribution in [3.8, 4) is 0 Å². The Morgan fingerprint density at radius 1 is 0.842 bits per heavy atom. The molecule has 0 bridgehead atoms. The first-order valence-electron chi connectivity index (χ1n) is 13.7. The van der Waals surface area contributed by atoms with Crippen LogP contribution in [0.2, 0.25) is 0 Å². The van der Waals surface area contributed by atoms with E-state index in [1.54, 1.807) is 0 Å². The first-order chi connectivity index (χ1) is 18.5. The van der Waals surface area contributed by atoms with Gasteiger partial charge in [-0.15, -0.1) is 0 Å². The molecule has 1 spiro atoms. The summed E-state index contributed by atoms with van der Waals surface area (Å²) in [4.78, 5) is 31.2. The molecule has 2 heterocycles. The van der Waals surface area contributed by atoms with Crippen molar-refractivity contribution in [1.82, 2.24) is 15.1 Å². The quantitative estimate of drug-likeness (QED) is 0.354. The molecule has 2 saturated heterocycles. The molecule has 1 atom stereocenters. The zero-order valence-corrected chi connectivity index (χ0v) is 23.4. The van der Waals surface area contributed by atoms with Crippen molar-refractivity contribution >= 4 is 27.7 Å². The topological polar surface area (TPSA) is 52.7 Å². The molecule has 3 aromatic carbocycles. The van der Waals surface area contributed by atoms with Crippen molar-refractivity contribution in [2.45, 2.75) is 44.7 Å². The Labute approximate surface area is 234 Å². The van der Waals surface area contributed by atoms with E-state index in [9.17, 15) is 9.59 Å². The Kier molecular flexibility index (Phi) is 8.60. The summed E-state index contributed by atoms with van der Waals surface area (Å²) < 4.78 is 1.06. The smallest absolute Gasteiger partial charge is 0.229 e. The number of halogens is 1. The highest BCUT2D eigenvalue weighted by Gasteiger charge is 2.47. The molecule has 0 saturated carbocycles. The summed E-state index contributed by atoms with van der Waals surface area (Å²) >= 11 is 3.49. The highest BCUT2D eigenvalue weighted by atomic mass is 79.9. The van der Waals surface area contributed by atoms with E-state index in [1.165, 1.54) is 5.56 Å². The van der Waals surface area contributed by atoms with Crippen molar-refractivity contribution in [2.24, 2.45) is 5.41 Å². The Morgan fingerprint density at radius 2 is 1.47 bits per heavy atom. The van der Waals surface area contributed by atoms with Gasteiger partial charge in [-0.3, -0.25) is 9.59 Å². The van der Waals surface area contributed by atoms with Crippen molar-refractivity contribution in [2.75, 3.05) is 26.2 Å². The summed E-state index contributed by atoms with van der Waals surface area (Å²) in [5.41, 5.74) is 3.12. The maximum Gasteiger partial charge on any atom is 0.229 e. The second-order valence-corrected chi connectivity index (χ2v) is 11.6. The molecule has 198 valence electrons. The molecule has 0 radical (unpaired) electrons. The summed E-state index contributed by atoms with van der Waals surface area (Å²) in [6.45, 7) is 4.73. The van der Waals surface area contributed by atoms with Crippen LogP contribution in [0.1, 0.15) is 48.3 Å². The van der Waals surface area contributed by atoms with Gasteiger partial charge in [0, 0.05) is 24.1 Å². The van der Waals surface area contributed by atoms with Crippen LogP contribution in [0.4, 0.5) is 0 Å². The van der Waals surface area contributed by atoms with Crippen LogP contribution in [-0.2, 0) is 22.7 Å². The number of carbonyl (C=O) groups is 2. The molecule has 2 aliphatic heterocycles. The van der Waals surface area contributed by atoms with Crippen LogP contribution < -0.4 is 5.32 Å². The number of carbonyl (C=O) groups excluding carboxylic acids is 2. The van der Waals surface area contributed by atoms with E-state index in [2.05, 4.69) is 50.4 Å². The van der Waals surface area contributed by atoms with E-state index in [-0.39, 0.29) is 17.2 Å². The lowest BCUT2D eigenvalue weighted by Crippen LogP contribution is -2.45. The molecule has 1 unspecified atom stereocenters. The standard InChI is InChI=1S/C32H36BrN3O2/c33-28-13-11-26(12-14-28)24-36-22-18-32(31(36)38)16-20-35(21-17-32)19-15-29(27-9-5-2-6-10-27)30(37)34-23-25-7-3-1-4-8-25/h1-14,29H,15-24H2,(H,34,37). The predicted octanol–water partition coefficient (Wildman–Crippen LogP) is 5.75. The lowest BCUT2D eigenvalue weighted by Gasteiger charge is -2.38. The minimum Gasteiger partial charge on any atom is -0.351 e. The molecule has 6 heteroatoms. The highest BCUT2D eigenvalue weighted by molar-refractivity contribution is 9.10. The Morgan fingerprint density at radius 3 is 2.16 bits per heavy atom. The van der Waals surface area contributed by atoms with Gasteiger partial charge >= 0.3 is 0 Å². The number of benzene rings is 3. The molecule has 38 heavy (non-hydrogen) atoms. The van der Waals surface area contributed by atoms with Crippen molar-refractivity contribution in [3.05, 3.63) is 106 Å². The number of nitrogens with zero attached hydrogens (tertiary/aromatic N) is 2. The van der Waals surface area contributed by atoms with Gasteiger partial charge in [0.1, 0.15) is 0 Å². The van der Waals surface area contributed by atoms with Gasteiger partial charge in [0.25, 0.3) is 0 Å². The maximum absolute atomic E-state index is 13.4. The molecule has 5 nitrogen and oxygen atoms in total. The van der Waals surface area contributed by atoms with E-state index in [0.717, 1.165) is 67.5 Å². The van der Waals surface area contributed by atoms with Crippen LogP contribution in [0, 0.1) is 5.41 Å². The van der Waals surface area contributed by atoms with Gasteiger partial charge in [0.05, 0.1) is 11.3 Å². The molecule has 2 amide bonds. The number of nitrogens with one attached hydrogen (secondary N) is 1. The second-order valence-electron chi connectivity index (χ2n) is 10.7. The van der Waals surface area contributed by atoms with Gasteiger partial charge in [-0.25, -0.2) is 0 Å². The van der Waals surface area contributed by atoms with Crippen molar-refractivity contribution < 1.29 is 9.59 Å². The van der Waals surface area contributed by atoms with Crippen LogP contribution >= 0.6 is 15.9 Å². The van der Waals surface area contributed by atoms with E-state index in [0.29, 0.717) is 19.0 Å². The Hall–Kier alpha value is -2.96. The molecule has 2 aliphatic rings. The van der Waals surface area contributed by atoms with Crippen LogP contribution in [0.15, 0.2) is 89.4 Å². The van der Waals surface area contributed by atoms with Gasteiger partial charge in [-0.05, 0) is 74.1 Å². The van der Waals surface area contributed by atoms with E-state index in [1.807, 2.05) is 65.6 Å². The molecule has 0 aliphatic carbocycles. The van der Waals surface area contributed by atoms with Gasteiger partial charge < -0.3 is 15.1 Å². The second kappa shape index (κ2) is 12.3. The predicted molar refractivity (Wildman–Crippen MR) is 154 cm³/mol. The van der Waals surface area contributed by atoms with Gasteiger partial charge in [0.15, 0.2) is 0 Å². The van der Waals surface area contributed by atoms with Crippen molar-refractivity contribution in [3.63, 3.8) is 0 Å². The summed E-state index contributed by atoms with van der Waals surface area (Å²) in [6.07, 6.45) is 3.52. The normalized spacial score (nSPS) is 18.0. The monoisotopic (exact) mass is 573 g/mol. The lowest BCUT2D eigenvalue weighted by molar-refractivity contribution is -0.138. The summed E-state index contributed by atoms with van der Waals surface area (Å²) in [7, 11) is 0. The van der Waals surface area contributed by atoms with Gasteiger partial charge in [-0.1, -0.05) is 88.7 Å². The summed E-state index contributed by atoms with van der Waals surface area (Å²) in [6, 6.07) is 28.4. The zero-order valence-electron chi connectivity index (χ0n) is 21.8. The van der Waals surface area contributed by atoms with E-state index < -0.39 is 0 Å². The molecular formula is C32H36BrN3O2. The number of rotatable bonds is 9. The summed E-state index contributed by atoms with van der Waals surface area (Å²) in [5.74, 6) is 0.205. The average Bonchev–Trinajstić information content (AvgIpc) is 3.25. The van der Waals surface area contributed by atoms with Crippen LogP contribution in [0.25, 0.3) is 0 Å². The van der Waals surface area contributed by atoms with E-state index >= 15 is 0 Å². The number of piperidine rings is 1. The third kappa shape index (κ3) is 6.36. The van der Waals surface area contributed by atoms with Gasteiger partial charge in [0.2, 0.25) is 11.8 Å². The molecular weight excluding hydrogens is 538 g/mol. The Bertz CT molecular complexity index is 1210. The Balaban J connectivity index is 1.15. The van der Waals surface area contributed by atoms with Crippen LogP contribution in [0.3, 0.4) is 0 Å². The summed E-state index contributed by atoms with van der Waals surface area (Å²) in [5, 5.41) is 3.15. The molecule has 3 aromatic rings. The molecule has 0 aromatic heterocycles. The molecule has 2 fully saturated rings. The zero-order chi connectivity index (χ0) is 26.4. The number of hydrogen-bond acceptors (Lipinski definition) is 3. The maximum atomic E-state index is 13.4. The number of likely N-dealkylation sites (tertiary alicyclic amines) is 2. The van der Waals surface area contributed by atoms with Crippen molar-refractivity contribution in [1.29, 1.82) is 0 Å². The lowest BCUT2D eigenvalue weighted by atomic mass is 9.77. The third-order valence-electron chi connectivity index (χ3n) is 8.26. The fourth-order valence-electron chi connectivity index (χ4n) is 5.88. The SMILES string of the molecule is O=C(NCc1ccccc1)C(CCN1CCC2(CC1)CCN(Cc1ccc(Br)cc1)C2=O)c1ccccc1. The highest BCUT2D eigenvalue weighted by Crippen LogP contribution is 2.42.